The van der Waals surface area contributed by atoms with Gasteiger partial charge in [0.15, 0.2) is 0 Å². The molecule has 0 saturated heterocycles. The van der Waals surface area contributed by atoms with Crippen molar-refractivity contribution in [1.29, 1.82) is 0 Å². The van der Waals surface area contributed by atoms with Crippen LogP contribution < -0.4 is 0 Å². The Morgan fingerprint density at radius 1 is 1.91 bits per heavy atom. The number of rotatable bonds is 3. The van der Waals surface area contributed by atoms with Gasteiger partial charge in [-0.25, -0.2) is 0 Å². The summed E-state index contributed by atoms with van der Waals surface area (Å²) in [4.78, 5) is 10.0. The summed E-state index contributed by atoms with van der Waals surface area (Å²) in [6.07, 6.45) is 1.41. The van der Waals surface area contributed by atoms with Gasteiger partial charge in [0.25, 0.3) is 0 Å². The molecular weight excluding hydrogens is 146 g/mol. The van der Waals surface area contributed by atoms with Crippen molar-refractivity contribution in [1.82, 2.24) is 15.0 Å². The van der Waals surface area contributed by atoms with E-state index in [1.165, 1.54) is 4.68 Å². The van der Waals surface area contributed by atoms with Crippen LogP contribution in [0.5, 0.6) is 0 Å². The Labute approximate surface area is 63.6 Å². The summed E-state index contributed by atoms with van der Waals surface area (Å²) in [7, 11) is 1.73. The van der Waals surface area contributed by atoms with Gasteiger partial charge < -0.3 is 9.90 Å². The number of carbonyl (C=O) groups excluding carboxylic acids is 1. The van der Waals surface area contributed by atoms with Gasteiger partial charge in [-0.3, -0.25) is 4.68 Å². The Balaban J connectivity index is 2.57. The average molecular weight is 155 g/mol. The third-order valence-corrected chi connectivity index (χ3v) is 1.23. The standard InChI is InChI=1S/C6H9N3O2/c1-9-3-5(7-8-9)2-6(11)4-10/h3-4,6,11H,2H2,1H3. The monoisotopic (exact) mass is 155 g/mol. The zero-order valence-electron chi connectivity index (χ0n) is 6.14. The molecule has 1 rings (SSSR count). The second kappa shape index (κ2) is 3.25. The van der Waals surface area contributed by atoms with Crippen LogP contribution >= 0.6 is 0 Å². The normalized spacial score (nSPS) is 12.9. The molecular formula is C6H9N3O2. The Hall–Kier alpha value is -1.23. The lowest BCUT2D eigenvalue weighted by Gasteiger charge is -1.95. The number of carbonyl (C=O) groups is 1. The SMILES string of the molecule is Cn1cc(CC(O)C=O)nn1. The van der Waals surface area contributed by atoms with Gasteiger partial charge in [0.2, 0.25) is 0 Å². The van der Waals surface area contributed by atoms with Gasteiger partial charge >= 0.3 is 0 Å². The molecule has 0 fully saturated rings. The highest BCUT2D eigenvalue weighted by Crippen LogP contribution is 1.95. The highest BCUT2D eigenvalue weighted by atomic mass is 16.3. The van der Waals surface area contributed by atoms with Crippen molar-refractivity contribution < 1.29 is 9.90 Å². The minimum Gasteiger partial charge on any atom is -0.385 e. The summed E-state index contributed by atoms with van der Waals surface area (Å²) in [6, 6.07) is 0. The lowest BCUT2D eigenvalue weighted by atomic mass is 10.2. The van der Waals surface area contributed by atoms with E-state index >= 15 is 0 Å². The Bertz CT molecular complexity index is 246. The number of aliphatic hydroxyl groups is 1. The van der Waals surface area contributed by atoms with E-state index < -0.39 is 6.10 Å². The molecule has 0 aliphatic carbocycles. The topological polar surface area (TPSA) is 68.0 Å². The Morgan fingerprint density at radius 2 is 2.64 bits per heavy atom. The van der Waals surface area contributed by atoms with E-state index in [2.05, 4.69) is 10.3 Å². The lowest BCUT2D eigenvalue weighted by Crippen LogP contribution is -2.11. The van der Waals surface area contributed by atoms with Gasteiger partial charge in [0.1, 0.15) is 12.4 Å². The molecule has 0 radical (unpaired) electrons. The summed E-state index contributed by atoms with van der Waals surface area (Å²) in [5.41, 5.74) is 0.618. The number of nitrogens with zero attached hydrogens (tertiary/aromatic N) is 3. The summed E-state index contributed by atoms with van der Waals surface area (Å²) in [5, 5.41) is 16.2. The minimum atomic E-state index is -0.966. The Kier molecular flexibility index (Phi) is 2.32. The second-order valence-corrected chi connectivity index (χ2v) is 2.29. The number of hydrogen-bond donors (Lipinski definition) is 1. The van der Waals surface area contributed by atoms with Crippen molar-refractivity contribution in [3.8, 4) is 0 Å². The first kappa shape index (κ1) is 7.87. The van der Waals surface area contributed by atoms with Gasteiger partial charge in [-0.15, -0.1) is 5.10 Å². The predicted octanol–water partition coefficient (Wildman–Crippen LogP) is -1.08. The van der Waals surface area contributed by atoms with E-state index in [4.69, 9.17) is 5.11 Å². The molecule has 0 saturated carbocycles. The zero-order valence-corrected chi connectivity index (χ0v) is 6.14. The van der Waals surface area contributed by atoms with E-state index in [1.807, 2.05) is 0 Å². The molecule has 0 aliphatic heterocycles. The first-order valence-electron chi connectivity index (χ1n) is 3.21. The molecule has 60 valence electrons. The molecule has 0 spiro atoms. The van der Waals surface area contributed by atoms with Gasteiger partial charge in [-0.05, 0) is 0 Å². The van der Waals surface area contributed by atoms with E-state index in [0.717, 1.165) is 0 Å². The van der Waals surface area contributed by atoms with Gasteiger partial charge in [0.05, 0.1) is 5.69 Å². The third kappa shape index (κ3) is 2.12. The molecule has 0 bridgehead atoms. The number of aldehydes is 1. The molecule has 0 aliphatic rings. The predicted molar refractivity (Wildman–Crippen MR) is 36.8 cm³/mol. The molecule has 11 heavy (non-hydrogen) atoms. The van der Waals surface area contributed by atoms with Crippen molar-refractivity contribution in [2.75, 3.05) is 0 Å². The Morgan fingerprint density at radius 3 is 3.09 bits per heavy atom. The van der Waals surface area contributed by atoms with E-state index in [9.17, 15) is 4.79 Å². The van der Waals surface area contributed by atoms with E-state index in [1.54, 1.807) is 13.2 Å². The van der Waals surface area contributed by atoms with Crippen molar-refractivity contribution in [2.24, 2.45) is 7.05 Å². The molecule has 1 aromatic heterocycles. The molecule has 1 heterocycles. The van der Waals surface area contributed by atoms with Gasteiger partial charge in [-0.2, -0.15) is 0 Å². The fourth-order valence-electron chi connectivity index (χ4n) is 0.751. The summed E-state index contributed by atoms with van der Waals surface area (Å²) < 4.78 is 1.52. The van der Waals surface area contributed by atoms with Crippen LogP contribution in [0.25, 0.3) is 0 Å². The number of aromatic nitrogens is 3. The van der Waals surface area contributed by atoms with Gasteiger partial charge in [-0.1, -0.05) is 5.21 Å². The van der Waals surface area contributed by atoms with E-state index in [-0.39, 0.29) is 6.42 Å². The zero-order chi connectivity index (χ0) is 8.27. The maximum atomic E-state index is 10.0. The summed E-state index contributed by atoms with van der Waals surface area (Å²) >= 11 is 0. The lowest BCUT2D eigenvalue weighted by molar-refractivity contribution is -0.114. The number of hydrogen-bond acceptors (Lipinski definition) is 4. The first-order chi connectivity index (χ1) is 5.22. The maximum absolute atomic E-state index is 10.0. The van der Waals surface area contributed by atoms with Crippen molar-refractivity contribution in [3.05, 3.63) is 11.9 Å². The largest absolute Gasteiger partial charge is 0.385 e. The average Bonchev–Trinajstić information content (AvgIpc) is 2.35. The van der Waals surface area contributed by atoms with E-state index in [0.29, 0.717) is 12.0 Å². The van der Waals surface area contributed by atoms with Crippen LogP contribution in [0.2, 0.25) is 0 Å². The van der Waals surface area contributed by atoms with Crippen LogP contribution in [0.1, 0.15) is 5.69 Å². The molecule has 1 aromatic rings. The fourth-order valence-corrected chi connectivity index (χ4v) is 0.751. The molecule has 1 unspecified atom stereocenters. The molecule has 1 N–H and O–H groups in total. The van der Waals surface area contributed by atoms with Crippen LogP contribution in [0.15, 0.2) is 6.20 Å². The van der Waals surface area contributed by atoms with Crippen LogP contribution in [-0.2, 0) is 18.3 Å². The van der Waals surface area contributed by atoms with Crippen molar-refractivity contribution in [3.63, 3.8) is 0 Å². The van der Waals surface area contributed by atoms with Crippen molar-refractivity contribution in [2.45, 2.75) is 12.5 Å². The quantitative estimate of drug-likeness (QED) is 0.563. The van der Waals surface area contributed by atoms with Crippen LogP contribution in [0, 0.1) is 0 Å². The highest BCUT2D eigenvalue weighted by molar-refractivity contribution is 5.55. The molecule has 0 amide bonds. The van der Waals surface area contributed by atoms with Gasteiger partial charge in [0, 0.05) is 19.7 Å². The van der Waals surface area contributed by atoms with Crippen LogP contribution in [0.4, 0.5) is 0 Å². The second-order valence-electron chi connectivity index (χ2n) is 2.29. The number of aliphatic hydroxyl groups excluding tert-OH is 1. The fraction of sp³-hybridized carbons (Fsp3) is 0.500. The van der Waals surface area contributed by atoms with Crippen molar-refractivity contribution >= 4 is 6.29 Å². The third-order valence-electron chi connectivity index (χ3n) is 1.23. The minimum absolute atomic E-state index is 0.233. The summed E-state index contributed by atoms with van der Waals surface area (Å²) in [5.74, 6) is 0. The molecule has 1 atom stereocenters. The smallest absolute Gasteiger partial charge is 0.148 e. The number of aryl methyl sites for hydroxylation is 1. The molecule has 5 heteroatoms. The van der Waals surface area contributed by atoms with Crippen LogP contribution in [-0.4, -0.2) is 32.5 Å². The molecule has 5 nitrogen and oxygen atoms in total. The van der Waals surface area contributed by atoms with Crippen LogP contribution in [0.3, 0.4) is 0 Å². The first-order valence-corrected chi connectivity index (χ1v) is 3.21. The highest BCUT2D eigenvalue weighted by Gasteiger charge is 2.05. The molecule has 0 aromatic carbocycles. The summed E-state index contributed by atoms with van der Waals surface area (Å²) in [6.45, 7) is 0. The maximum Gasteiger partial charge on any atom is 0.148 e.